The fraction of sp³-hybridized carbons (Fsp3) is 0.227. The Morgan fingerprint density at radius 3 is 2.81 bits per heavy atom. The highest BCUT2D eigenvalue weighted by atomic mass is 16.5. The Labute approximate surface area is 180 Å². The smallest absolute Gasteiger partial charge is 0.233 e. The first kappa shape index (κ1) is 21.7. The maximum absolute atomic E-state index is 12.6. The van der Waals surface area contributed by atoms with Gasteiger partial charge in [0.2, 0.25) is 5.88 Å². The molecule has 0 aliphatic carbocycles. The number of nitrogen functional groups attached to an aromatic ring is 1. The topological polar surface area (TPSA) is 128 Å². The first-order valence-corrected chi connectivity index (χ1v) is 9.62. The summed E-state index contributed by atoms with van der Waals surface area (Å²) in [5.74, 6) is 6.32. The number of anilines is 2. The van der Waals surface area contributed by atoms with Crippen LogP contribution in [0.1, 0.15) is 21.7 Å². The van der Waals surface area contributed by atoms with Crippen LogP contribution in [0.25, 0.3) is 0 Å². The van der Waals surface area contributed by atoms with Crippen molar-refractivity contribution in [1.29, 1.82) is 0 Å². The van der Waals surface area contributed by atoms with Gasteiger partial charge in [-0.25, -0.2) is 15.0 Å². The molecule has 0 amide bonds. The van der Waals surface area contributed by atoms with Crippen LogP contribution < -0.4 is 21.1 Å². The number of nitrogens with two attached hydrogens (primary N) is 1. The van der Waals surface area contributed by atoms with E-state index < -0.39 is 0 Å². The van der Waals surface area contributed by atoms with Crippen LogP contribution in [0, 0.1) is 11.8 Å². The second-order valence-corrected chi connectivity index (χ2v) is 6.46. The maximum Gasteiger partial charge on any atom is 0.233 e. The van der Waals surface area contributed by atoms with Gasteiger partial charge in [0.05, 0.1) is 36.9 Å². The normalized spacial score (nSPS) is 10.1. The van der Waals surface area contributed by atoms with Crippen LogP contribution in [0.4, 0.5) is 11.5 Å². The lowest BCUT2D eigenvalue weighted by molar-refractivity contribution is 0.0987. The fourth-order valence-corrected chi connectivity index (χ4v) is 2.61. The van der Waals surface area contributed by atoms with Crippen molar-refractivity contribution in [3.63, 3.8) is 0 Å². The average Bonchev–Trinajstić information content (AvgIpc) is 2.79. The minimum absolute atomic E-state index is 0.144. The maximum atomic E-state index is 12.6. The summed E-state index contributed by atoms with van der Waals surface area (Å²) in [6.07, 6.45) is 6.32. The summed E-state index contributed by atoms with van der Waals surface area (Å²) in [7, 11) is 1.82. The molecule has 0 spiro atoms. The number of ketones is 1. The number of hydrogen-bond donors (Lipinski definition) is 3. The van der Waals surface area contributed by atoms with Crippen LogP contribution in [0.15, 0.2) is 49.1 Å². The zero-order valence-corrected chi connectivity index (χ0v) is 17.1. The van der Waals surface area contributed by atoms with Crippen LogP contribution in [-0.4, -0.2) is 45.9 Å². The summed E-state index contributed by atoms with van der Waals surface area (Å²) >= 11 is 0. The van der Waals surface area contributed by atoms with Gasteiger partial charge in [0.25, 0.3) is 0 Å². The van der Waals surface area contributed by atoms with Crippen LogP contribution in [0.2, 0.25) is 0 Å². The van der Waals surface area contributed by atoms with Crippen LogP contribution in [0.3, 0.4) is 0 Å². The summed E-state index contributed by atoms with van der Waals surface area (Å²) in [5.41, 5.74) is 8.45. The molecular weight excluding hydrogens is 394 g/mol. The molecule has 0 bridgehead atoms. The van der Waals surface area contributed by atoms with Crippen molar-refractivity contribution in [2.24, 2.45) is 0 Å². The van der Waals surface area contributed by atoms with Gasteiger partial charge in [-0.2, -0.15) is 0 Å². The minimum Gasteiger partial charge on any atom is -0.463 e. The van der Waals surface area contributed by atoms with E-state index in [1.807, 2.05) is 19.2 Å². The van der Waals surface area contributed by atoms with Gasteiger partial charge in [0.1, 0.15) is 11.5 Å². The number of nitrogens with one attached hydrogen (secondary N) is 2. The largest absolute Gasteiger partial charge is 0.463 e. The summed E-state index contributed by atoms with van der Waals surface area (Å²) < 4.78 is 5.38. The molecule has 0 aromatic carbocycles. The number of ether oxygens (including phenoxy) is 1. The third-order valence-electron chi connectivity index (χ3n) is 4.14. The van der Waals surface area contributed by atoms with E-state index in [0.717, 1.165) is 16.9 Å². The Kier molecular flexibility index (Phi) is 7.85. The van der Waals surface area contributed by atoms with Crippen molar-refractivity contribution >= 4 is 17.3 Å². The Morgan fingerprint density at radius 2 is 2.03 bits per heavy atom. The Hall–Kier alpha value is -4.03. The summed E-state index contributed by atoms with van der Waals surface area (Å²) in [5, 5.41) is 6.11. The lowest BCUT2D eigenvalue weighted by atomic mass is 10.1. The predicted octanol–water partition coefficient (Wildman–Crippen LogP) is 1.49. The molecule has 158 valence electrons. The van der Waals surface area contributed by atoms with Crippen LogP contribution in [0.5, 0.6) is 5.88 Å². The van der Waals surface area contributed by atoms with Crippen molar-refractivity contribution in [3.05, 3.63) is 66.0 Å². The van der Waals surface area contributed by atoms with Gasteiger partial charge in [0.15, 0.2) is 12.4 Å². The zero-order chi connectivity index (χ0) is 21.9. The molecule has 0 unspecified atom stereocenters. The van der Waals surface area contributed by atoms with E-state index in [4.69, 9.17) is 10.5 Å². The molecule has 3 rings (SSSR count). The fourth-order valence-electron chi connectivity index (χ4n) is 2.61. The van der Waals surface area contributed by atoms with E-state index in [1.54, 1.807) is 24.5 Å². The number of carbonyl (C=O) groups is 1. The second-order valence-electron chi connectivity index (χ2n) is 6.46. The highest BCUT2D eigenvalue weighted by molar-refractivity contribution is 5.95. The van der Waals surface area contributed by atoms with Crippen LogP contribution in [-0.2, 0) is 13.0 Å². The SMILES string of the molecule is CNCC#CCOc1cnc(C(=O)Cc2ccnc(CNc3cccnc3N)c2)cn1. The molecule has 3 aromatic heterocycles. The van der Waals surface area contributed by atoms with E-state index in [2.05, 4.69) is 42.4 Å². The van der Waals surface area contributed by atoms with Gasteiger partial charge in [-0.1, -0.05) is 11.8 Å². The molecule has 0 aliphatic heterocycles. The molecule has 31 heavy (non-hydrogen) atoms. The van der Waals surface area contributed by atoms with Gasteiger partial charge >= 0.3 is 0 Å². The lowest BCUT2D eigenvalue weighted by Gasteiger charge is -2.09. The van der Waals surface area contributed by atoms with Crippen molar-refractivity contribution in [3.8, 4) is 17.7 Å². The van der Waals surface area contributed by atoms with Gasteiger partial charge in [-0.15, -0.1) is 0 Å². The molecule has 0 atom stereocenters. The quantitative estimate of drug-likeness (QED) is 0.350. The zero-order valence-electron chi connectivity index (χ0n) is 17.1. The summed E-state index contributed by atoms with van der Waals surface area (Å²) in [4.78, 5) is 29.2. The third kappa shape index (κ3) is 6.76. The van der Waals surface area contributed by atoms with Crippen molar-refractivity contribution < 1.29 is 9.53 Å². The van der Waals surface area contributed by atoms with E-state index in [1.165, 1.54) is 12.4 Å². The lowest BCUT2D eigenvalue weighted by Crippen LogP contribution is -2.09. The highest BCUT2D eigenvalue weighted by Crippen LogP contribution is 2.15. The molecule has 0 saturated carbocycles. The Morgan fingerprint density at radius 1 is 1.13 bits per heavy atom. The number of aromatic nitrogens is 4. The predicted molar refractivity (Wildman–Crippen MR) is 117 cm³/mol. The third-order valence-corrected chi connectivity index (χ3v) is 4.14. The van der Waals surface area contributed by atoms with Crippen molar-refractivity contribution in [1.82, 2.24) is 25.3 Å². The minimum atomic E-state index is -0.144. The standard InChI is InChI=1S/C22H23N7O2/c1-24-7-2-3-10-31-21-15-28-19(14-29-21)20(30)12-16-6-9-25-17(11-16)13-27-18-5-4-8-26-22(18)23/h4-6,8-9,11,14-15,24,27H,7,10,12-13H2,1H3,(H2,23,26). The average molecular weight is 417 g/mol. The number of pyridine rings is 2. The molecule has 0 saturated heterocycles. The molecular formula is C22H23N7O2. The number of nitrogens with zero attached hydrogens (tertiary/aromatic N) is 4. The first-order valence-electron chi connectivity index (χ1n) is 9.62. The molecule has 4 N–H and O–H groups in total. The van der Waals surface area contributed by atoms with Crippen LogP contribution >= 0.6 is 0 Å². The number of hydrogen-bond acceptors (Lipinski definition) is 9. The molecule has 0 fully saturated rings. The molecule has 3 aromatic rings. The van der Waals surface area contributed by atoms with Gasteiger partial charge in [0, 0.05) is 18.8 Å². The van der Waals surface area contributed by atoms with Gasteiger partial charge in [-0.05, 0) is 36.9 Å². The Bertz CT molecular complexity index is 1070. The highest BCUT2D eigenvalue weighted by Gasteiger charge is 2.11. The van der Waals surface area contributed by atoms with Crippen molar-refractivity contribution in [2.75, 3.05) is 31.2 Å². The van der Waals surface area contributed by atoms with Gasteiger partial charge < -0.3 is 21.1 Å². The van der Waals surface area contributed by atoms with E-state index in [0.29, 0.717) is 24.8 Å². The number of Topliss-reactive ketones (excluding diaryl/α,β-unsaturated/α-hetero) is 1. The monoisotopic (exact) mass is 417 g/mol. The van der Waals surface area contributed by atoms with Crippen molar-refractivity contribution in [2.45, 2.75) is 13.0 Å². The first-order chi connectivity index (χ1) is 15.2. The Balaban J connectivity index is 1.55. The number of carbonyl (C=O) groups excluding carboxylic acids is 1. The van der Waals surface area contributed by atoms with E-state index in [9.17, 15) is 4.79 Å². The second kappa shape index (κ2) is 11.2. The molecule has 0 radical (unpaired) electrons. The molecule has 0 aliphatic rings. The van der Waals surface area contributed by atoms with E-state index >= 15 is 0 Å². The molecule has 3 heterocycles. The summed E-state index contributed by atoms with van der Waals surface area (Å²) in [6.45, 7) is 1.26. The number of rotatable bonds is 9. The van der Waals surface area contributed by atoms with Gasteiger partial charge in [-0.3, -0.25) is 9.78 Å². The summed E-state index contributed by atoms with van der Waals surface area (Å²) in [6, 6.07) is 7.31. The molecule has 9 heteroatoms. The molecule has 9 nitrogen and oxygen atoms in total. The van der Waals surface area contributed by atoms with E-state index in [-0.39, 0.29) is 24.5 Å².